The van der Waals surface area contributed by atoms with E-state index in [1.54, 1.807) is 6.08 Å². The molecule has 0 spiro atoms. The molecule has 1 aromatic rings. The fourth-order valence-electron chi connectivity index (χ4n) is 1.63. The Bertz CT molecular complexity index is 348. The molecule has 0 saturated heterocycles. The van der Waals surface area contributed by atoms with E-state index in [1.165, 1.54) is 5.56 Å². The van der Waals surface area contributed by atoms with Gasteiger partial charge in [-0.2, -0.15) is 0 Å². The number of carbonyl (C=O) groups is 1. The normalized spacial score (nSPS) is 11.8. The molecule has 17 heavy (non-hydrogen) atoms. The van der Waals surface area contributed by atoms with Gasteiger partial charge in [0.15, 0.2) is 0 Å². The van der Waals surface area contributed by atoms with Crippen LogP contribution in [0.1, 0.15) is 12.5 Å². The molecule has 1 amide bonds. The molecule has 2 N–H and O–H groups in total. The molecule has 0 heterocycles. The fourth-order valence-corrected chi connectivity index (χ4v) is 1.63. The minimum absolute atomic E-state index is 0.0234. The summed E-state index contributed by atoms with van der Waals surface area (Å²) < 4.78 is 0. The van der Waals surface area contributed by atoms with Gasteiger partial charge < -0.3 is 10.6 Å². The number of nitrogens with one attached hydrogen (secondary N) is 2. The van der Waals surface area contributed by atoms with Crippen molar-refractivity contribution < 1.29 is 4.79 Å². The Kier molecular flexibility index (Phi) is 6.04. The highest BCUT2D eigenvalue weighted by Crippen LogP contribution is 2.02. The largest absolute Gasteiger partial charge is 0.352 e. The SMILES string of the molecule is C=CCNCC(=O)NC(C)Cc1ccccc1. The Balaban J connectivity index is 2.27. The number of benzene rings is 1. The van der Waals surface area contributed by atoms with Gasteiger partial charge >= 0.3 is 0 Å². The number of hydrogen-bond acceptors (Lipinski definition) is 2. The lowest BCUT2D eigenvalue weighted by atomic mass is 10.1. The molecule has 0 aliphatic heterocycles. The summed E-state index contributed by atoms with van der Waals surface area (Å²) in [6.45, 7) is 6.58. The second-order valence-corrected chi connectivity index (χ2v) is 4.08. The highest BCUT2D eigenvalue weighted by molar-refractivity contribution is 5.78. The zero-order chi connectivity index (χ0) is 12.5. The third-order valence-electron chi connectivity index (χ3n) is 2.37. The summed E-state index contributed by atoms with van der Waals surface area (Å²) in [6.07, 6.45) is 2.59. The van der Waals surface area contributed by atoms with Gasteiger partial charge in [-0.25, -0.2) is 0 Å². The van der Waals surface area contributed by atoms with Gasteiger partial charge in [0.1, 0.15) is 0 Å². The first-order chi connectivity index (χ1) is 8.22. The maximum atomic E-state index is 11.5. The van der Waals surface area contributed by atoms with Crippen molar-refractivity contribution in [2.24, 2.45) is 0 Å². The standard InChI is InChI=1S/C14H20N2O/c1-3-9-15-11-14(17)16-12(2)10-13-7-5-4-6-8-13/h3-8,12,15H,1,9-11H2,2H3,(H,16,17). The summed E-state index contributed by atoms with van der Waals surface area (Å²) in [4.78, 5) is 11.5. The van der Waals surface area contributed by atoms with E-state index in [0.29, 0.717) is 13.1 Å². The van der Waals surface area contributed by atoms with Gasteiger partial charge in [0.2, 0.25) is 5.91 Å². The maximum Gasteiger partial charge on any atom is 0.234 e. The van der Waals surface area contributed by atoms with E-state index < -0.39 is 0 Å². The van der Waals surface area contributed by atoms with Crippen molar-refractivity contribution >= 4 is 5.91 Å². The van der Waals surface area contributed by atoms with Crippen molar-refractivity contribution in [3.05, 3.63) is 48.6 Å². The molecular weight excluding hydrogens is 212 g/mol. The Morgan fingerprint density at radius 2 is 2.12 bits per heavy atom. The minimum Gasteiger partial charge on any atom is -0.352 e. The minimum atomic E-state index is 0.0234. The third kappa shape index (κ3) is 5.88. The second-order valence-electron chi connectivity index (χ2n) is 4.08. The van der Waals surface area contributed by atoms with Crippen molar-refractivity contribution in [3.8, 4) is 0 Å². The van der Waals surface area contributed by atoms with Crippen molar-refractivity contribution in [1.82, 2.24) is 10.6 Å². The van der Waals surface area contributed by atoms with Crippen LogP contribution in [-0.2, 0) is 11.2 Å². The summed E-state index contributed by atoms with van der Waals surface area (Å²) in [5.74, 6) is 0.0234. The number of amides is 1. The summed E-state index contributed by atoms with van der Waals surface area (Å²) in [5.41, 5.74) is 1.24. The van der Waals surface area contributed by atoms with E-state index in [4.69, 9.17) is 0 Å². The second kappa shape index (κ2) is 7.63. The first-order valence-corrected chi connectivity index (χ1v) is 5.87. The van der Waals surface area contributed by atoms with E-state index in [1.807, 2.05) is 25.1 Å². The number of carbonyl (C=O) groups excluding carboxylic acids is 1. The van der Waals surface area contributed by atoms with Crippen LogP contribution in [0.3, 0.4) is 0 Å². The van der Waals surface area contributed by atoms with Gasteiger partial charge in [-0.3, -0.25) is 4.79 Å². The van der Waals surface area contributed by atoms with Crippen LogP contribution >= 0.6 is 0 Å². The van der Waals surface area contributed by atoms with Crippen molar-refractivity contribution in [2.45, 2.75) is 19.4 Å². The molecule has 1 atom stereocenters. The monoisotopic (exact) mass is 232 g/mol. The molecule has 1 unspecified atom stereocenters. The molecule has 0 aromatic heterocycles. The topological polar surface area (TPSA) is 41.1 Å². The lowest BCUT2D eigenvalue weighted by molar-refractivity contribution is -0.120. The highest BCUT2D eigenvalue weighted by Gasteiger charge is 2.06. The Labute approximate surface area is 103 Å². The van der Waals surface area contributed by atoms with E-state index in [-0.39, 0.29) is 11.9 Å². The van der Waals surface area contributed by atoms with Gasteiger partial charge in [0.05, 0.1) is 6.54 Å². The van der Waals surface area contributed by atoms with Crippen LogP contribution < -0.4 is 10.6 Å². The van der Waals surface area contributed by atoms with E-state index >= 15 is 0 Å². The fraction of sp³-hybridized carbons (Fsp3) is 0.357. The smallest absolute Gasteiger partial charge is 0.234 e. The third-order valence-corrected chi connectivity index (χ3v) is 2.37. The lowest BCUT2D eigenvalue weighted by Crippen LogP contribution is -2.40. The first-order valence-electron chi connectivity index (χ1n) is 5.87. The molecule has 0 bridgehead atoms. The van der Waals surface area contributed by atoms with Crippen molar-refractivity contribution in [1.29, 1.82) is 0 Å². The summed E-state index contributed by atoms with van der Waals surface area (Å²) in [6, 6.07) is 10.3. The van der Waals surface area contributed by atoms with Gasteiger partial charge in [-0.15, -0.1) is 6.58 Å². The summed E-state index contributed by atoms with van der Waals surface area (Å²) >= 11 is 0. The van der Waals surface area contributed by atoms with E-state index in [0.717, 1.165) is 6.42 Å². The molecule has 1 aromatic carbocycles. The van der Waals surface area contributed by atoms with Crippen LogP contribution in [0.2, 0.25) is 0 Å². The Hall–Kier alpha value is -1.61. The van der Waals surface area contributed by atoms with Gasteiger partial charge in [-0.05, 0) is 18.9 Å². The van der Waals surface area contributed by atoms with Crippen LogP contribution in [0.5, 0.6) is 0 Å². The lowest BCUT2D eigenvalue weighted by Gasteiger charge is -2.14. The molecule has 0 radical (unpaired) electrons. The predicted octanol–water partition coefficient (Wildman–Crippen LogP) is 1.51. The van der Waals surface area contributed by atoms with Crippen LogP contribution in [0, 0.1) is 0 Å². The van der Waals surface area contributed by atoms with E-state index in [9.17, 15) is 4.79 Å². The van der Waals surface area contributed by atoms with Gasteiger partial charge in [0, 0.05) is 12.6 Å². The number of hydrogen-bond donors (Lipinski definition) is 2. The number of rotatable bonds is 7. The highest BCUT2D eigenvalue weighted by atomic mass is 16.1. The molecule has 0 saturated carbocycles. The summed E-state index contributed by atoms with van der Waals surface area (Å²) in [5, 5.41) is 5.93. The maximum absolute atomic E-state index is 11.5. The van der Waals surface area contributed by atoms with Crippen molar-refractivity contribution in [2.75, 3.05) is 13.1 Å². The summed E-state index contributed by atoms with van der Waals surface area (Å²) in [7, 11) is 0. The Morgan fingerprint density at radius 1 is 1.41 bits per heavy atom. The first kappa shape index (κ1) is 13.5. The average Bonchev–Trinajstić information content (AvgIpc) is 2.30. The molecule has 3 heteroatoms. The molecule has 0 fully saturated rings. The van der Waals surface area contributed by atoms with Crippen LogP contribution in [-0.4, -0.2) is 25.0 Å². The molecule has 3 nitrogen and oxygen atoms in total. The van der Waals surface area contributed by atoms with Gasteiger partial charge in [-0.1, -0.05) is 36.4 Å². The van der Waals surface area contributed by atoms with Gasteiger partial charge in [0.25, 0.3) is 0 Å². The van der Waals surface area contributed by atoms with Crippen molar-refractivity contribution in [3.63, 3.8) is 0 Å². The molecule has 92 valence electrons. The molecule has 1 rings (SSSR count). The molecule has 0 aliphatic carbocycles. The van der Waals surface area contributed by atoms with Crippen LogP contribution in [0.25, 0.3) is 0 Å². The zero-order valence-corrected chi connectivity index (χ0v) is 10.3. The van der Waals surface area contributed by atoms with Crippen LogP contribution in [0.4, 0.5) is 0 Å². The van der Waals surface area contributed by atoms with Crippen LogP contribution in [0.15, 0.2) is 43.0 Å². The quantitative estimate of drug-likeness (QED) is 0.552. The zero-order valence-electron chi connectivity index (χ0n) is 10.3. The molecular formula is C14H20N2O. The molecule has 0 aliphatic rings. The predicted molar refractivity (Wildman–Crippen MR) is 70.8 cm³/mol. The van der Waals surface area contributed by atoms with E-state index in [2.05, 4.69) is 29.3 Å². The Morgan fingerprint density at radius 3 is 2.76 bits per heavy atom. The average molecular weight is 232 g/mol.